The summed E-state index contributed by atoms with van der Waals surface area (Å²) in [5.74, 6) is 0.0342. The van der Waals surface area contributed by atoms with Crippen molar-refractivity contribution in [3.05, 3.63) is 69.9 Å². The highest BCUT2D eigenvalue weighted by Crippen LogP contribution is 2.27. The largest absolute Gasteiger partial charge is 0.462 e. The summed E-state index contributed by atoms with van der Waals surface area (Å²) in [7, 11) is 0. The molecular weight excluding hydrogens is 402 g/mol. The van der Waals surface area contributed by atoms with Crippen LogP contribution in [0.4, 0.5) is 0 Å². The average molecular weight is 434 g/mol. The van der Waals surface area contributed by atoms with Crippen molar-refractivity contribution < 1.29 is 13.9 Å². The number of hydrogen-bond donors (Lipinski definition) is 0. The summed E-state index contributed by atoms with van der Waals surface area (Å²) in [5, 5.41) is 0.399. The fourth-order valence-corrected chi connectivity index (χ4v) is 4.48. The molecule has 0 N–H and O–H groups in total. The topological polar surface area (TPSA) is 59.8 Å². The third-order valence-electron chi connectivity index (χ3n) is 6.41. The van der Waals surface area contributed by atoms with E-state index in [0.29, 0.717) is 34.9 Å². The molecule has 1 aliphatic heterocycles. The predicted molar refractivity (Wildman–Crippen MR) is 127 cm³/mol. The second-order valence-corrected chi connectivity index (χ2v) is 8.66. The van der Waals surface area contributed by atoms with Crippen molar-refractivity contribution in [1.29, 1.82) is 0 Å². The number of esters is 1. The van der Waals surface area contributed by atoms with E-state index in [2.05, 4.69) is 11.8 Å². The van der Waals surface area contributed by atoms with Gasteiger partial charge in [0.25, 0.3) is 0 Å². The highest BCUT2D eigenvalue weighted by Gasteiger charge is 2.20. The van der Waals surface area contributed by atoms with Gasteiger partial charge in [-0.3, -0.25) is 4.79 Å². The standard InChI is InChI=1S/C27H31NO4/c1-19-11-6-7-16-28(19)17-8-9-18-31-27(30)23-15-10-14-22-24(29)20(2)25(32-26(22)23)21-12-4-3-5-13-21/h3-5,10,12-15,19H,6-9,11,16-18H2,1-2H3. The first-order chi connectivity index (χ1) is 15.6. The normalized spacial score (nSPS) is 16.9. The number of fused-ring (bicyclic) bond motifs is 1. The quantitative estimate of drug-likeness (QED) is 0.360. The molecule has 32 heavy (non-hydrogen) atoms. The van der Waals surface area contributed by atoms with E-state index < -0.39 is 5.97 Å². The average Bonchev–Trinajstić information content (AvgIpc) is 2.82. The molecule has 3 aromatic rings. The fraction of sp³-hybridized carbons (Fsp3) is 0.407. The molecular formula is C27H31NO4. The monoisotopic (exact) mass is 433 g/mol. The van der Waals surface area contributed by atoms with Crippen molar-refractivity contribution in [2.24, 2.45) is 0 Å². The zero-order valence-corrected chi connectivity index (χ0v) is 18.9. The Morgan fingerprint density at radius 3 is 2.69 bits per heavy atom. The number of likely N-dealkylation sites (tertiary alicyclic amines) is 1. The Morgan fingerprint density at radius 2 is 1.91 bits per heavy atom. The van der Waals surface area contributed by atoms with Crippen molar-refractivity contribution in [2.45, 2.75) is 52.0 Å². The Morgan fingerprint density at radius 1 is 1.09 bits per heavy atom. The molecule has 168 valence electrons. The second-order valence-electron chi connectivity index (χ2n) is 8.66. The minimum absolute atomic E-state index is 0.129. The number of rotatable bonds is 7. The Bertz CT molecular complexity index is 1140. The summed E-state index contributed by atoms with van der Waals surface area (Å²) in [6.07, 6.45) is 5.68. The lowest BCUT2D eigenvalue weighted by molar-refractivity contribution is 0.0492. The summed E-state index contributed by atoms with van der Waals surface area (Å²) in [6.45, 7) is 6.61. The van der Waals surface area contributed by atoms with Gasteiger partial charge in [0.2, 0.25) is 0 Å². The lowest BCUT2D eigenvalue weighted by atomic mass is 10.0. The van der Waals surface area contributed by atoms with Crippen LogP contribution in [0.2, 0.25) is 0 Å². The van der Waals surface area contributed by atoms with Crippen LogP contribution >= 0.6 is 0 Å². The Labute approximate surface area is 189 Å². The van der Waals surface area contributed by atoms with Gasteiger partial charge in [0.15, 0.2) is 11.0 Å². The van der Waals surface area contributed by atoms with Gasteiger partial charge in [0.05, 0.1) is 12.0 Å². The molecule has 4 rings (SSSR count). The van der Waals surface area contributed by atoms with E-state index in [9.17, 15) is 9.59 Å². The molecule has 1 atom stereocenters. The molecule has 0 radical (unpaired) electrons. The first-order valence-corrected chi connectivity index (χ1v) is 11.6. The molecule has 0 spiro atoms. The van der Waals surface area contributed by atoms with E-state index in [0.717, 1.165) is 24.9 Å². The lowest BCUT2D eigenvalue weighted by Crippen LogP contribution is -2.38. The van der Waals surface area contributed by atoms with Crippen LogP contribution in [-0.4, -0.2) is 36.6 Å². The van der Waals surface area contributed by atoms with E-state index >= 15 is 0 Å². The predicted octanol–water partition coefficient (Wildman–Crippen LogP) is 5.58. The van der Waals surface area contributed by atoms with Crippen LogP contribution in [0.5, 0.6) is 0 Å². The van der Waals surface area contributed by atoms with Crippen molar-refractivity contribution in [3.8, 4) is 11.3 Å². The van der Waals surface area contributed by atoms with Crippen LogP contribution in [0.3, 0.4) is 0 Å². The molecule has 0 saturated carbocycles. The molecule has 0 aliphatic carbocycles. The van der Waals surface area contributed by atoms with Crippen molar-refractivity contribution in [1.82, 2.24) is 4.90 Å². The van der Waals surface area contributed by atoms with Crippen LogP contribution in [0.25, 0.3) is 22.3 Å². The summed E-state index contributed by atoms with van der Waals surface area (Å²) in [5.41, 5.74) is 1.78. The van der Waals surface area contributed by atoms with Crippen molar-refractivity contribution in [3.63, 3.8) is 0 Å². The zero-order chi connectivity index (χ0) is 22.5. The summed E-state index contributed by atoms with van der Waals surface area (Å²) in [6, 6.07) is 15.2. The van der Waals surface area contributed by atoms with Crippen molar-refractivity contribution in [2.75, 3.05) is 19.7 Å². The highest BCUT2D eigenvalue weighted by molar-refractivity contribution is 6.02. The number of benzene rings is 2. The SMILES string of the molecule is Cc1c(-c2ccccc2)oc2c(C(=O)OCCCCN3CCCCC3C)cccc2c1=O. The van der Waals surface area contributed by atoms with E-state index in [1.807, 2.05) is 30.3 Å². The molecule has 5 heteroatoms. The smallest absolute Gasteiger partial charge is 0.341 e. The number of nitrogens with zero attached hydrogens (tertiary/aromatic N) is 1. The van der Waals surface area contributed by atoms with E-state index in [1.54, 1.807) is 25.1 Å². The van der Waals surface area contributed by atoms with Gasteiger partial charge >= 0.3 is 5.97 Å². The molecule has 1 fully saturated rings. The molecule has 1 unspecified atom stereocenters. The highest BCUT2D eigenvalue weighted by atomic mass is 16.5. The number of carbonyl (C=O) groups excluding carboxylic acids is 1. The van der Waals surface area contributed by atoms with E-state index in [-0.39, 0.29) is 11.0 Å². The molecule has 2 aromatic carbocycles. The Hall–Kier alpha value is -2.92. The van der Waals surface area contributed by atoms with Crippen LogP contribution in [0, 0.1) is 6.92 Å². The maximum absolute atomic E-state index is 13.0. The number of unbranched alkanes of at least 4 members (excludes halogenated alkanes) is 1. The Kier molecular flexibility index (Phi) is 7.05. The number of ether oxygens (including phenoxy) is 1. The third-order valence-corrected chi connectivity index (χ3v) is 6.41. The van der Waals surface area contributed by atoms with Gasteiger partial charge in [0, 0.05) is 17.2 Å². The second kappa shape index (κ2) is 10.1. The van der Waals surface area contributed by atoms with Gasteiger partial charge in [-0.15, -0.1) is 0 Å². The first kappa shape index (κ1) is 22.3. The molecule has 0 bridgehead atoms. The summed E-state index contributed by atoms with van der Waals surface area (Å²) < 4.78 is 11.7. The van der Waals surface area contributed by atoms with Crippen LogP contribution in [-0.2, 0) is 4.74 Å². The fourth-order valence-electron chi connectivity index (χ4n) is 4.48. The van der Waals surface area contributed by atoms with E-state index in [1.165, 1.54) is 25.8 Å². The van der Waals surface area contributed by atoms with Crippen molar-refractivity contribution >= 4 is 16.9 Å². The number of hydrogen-bond acceptors (Lipinski definition) is 5. The third kappa shape index (κ3) is 4.78. The van der Waals surface area contributed by atoms with Gasteiger partial charge in [-0.2, -0.15) is 0 Å². The minimum atomic E-state index is -0.451. The van der Waals surface area contributed by atoms with Crippen LogP contribution < -0.4 is 5.43 Å². The Balaban J connectivity index is 1.47. The van der Waals surface area contributed by atoms with Gasteiger partial charge in [-0.25, -0.2) is 4.79 Å². The van der Waals surface area contributed by atoms with Gasteiger partial charge in [0.1, 0.15) is 11.3 Å². The minimum Gasteiger partial charge on any atom is -0.462 e. The van der Waals surface area contributed by atoms with E-state index in [4.69, 9.17) is 9.15 Å². The van der Waals surface area contributed by atoms with Crippen LogP contribution in [0.15, 0.2) is 57.7 Å². The summed E-state index contributed by atoms with van der Waals surface area (Å²) in [4.78, 5) is 28.3. The molecule has 1 saturated heterocycles. The van der Waals surface area contributed by atoms with Gasteiger partial charge in [-0.05, 0) is 64.8 Å². The number of para-hydroxylation sites is 1. The lowest BCUT2D eigenvalue weighted by Gasteiger charge is -2.33. The zero-order valence-electron chi connectivity index (χ0n) is 18.9. The molecule has 1 aliphatic rings. The maximum Gasteiger partial charge on any atom is 0.341 e. The van der Waals surface area contributed by atoms with Gasteiger partial charge in [-0.1, -0.05) is 42.8 Å². The maximum atomic E-state index is 13.0. The van der Waals surface area contributed by atoms with Gasteiger partial charge < -0.3 is 14.1 Å². The number of carbonyl (C=O) groups is 1. The van der Waals surface area contributed by atoms with Crippen LogP contribution in [0.1, 0.15) is 54.9 Å². The molecule has 2 heterocycles. The molecule has 0 amide bonds. The summed E-state index contributed by atoms with van der Waals surface area (Å²) >= 11 is 0. The first-order valence-electron chi connectivity index (χ1n) is 11.6. The molecule has 5 nitrogen and oxygen atoms in total. The number of piperidine rings is 1. The molecule has 1 aromatic heterocycles.